The van der Waals surface area contributed by atoms with Crippen LogP contribution in [-0.4, -0.2) is 43.1 Å². The summed E-state index contributed by atoms with van der Waals surface area (Å²) < 4.78 is 9.70. The molecule has 4 aromatic carbocycles. The molecule has 0 spiro atoms. The molecular weight excluding hydrogens is 661 g/mol. The second kappa shape index (κ2) is 15.1. The van der Waals surface area contributed by atoms with Crippen LogP contribution in [0.1, 0.15) is 28.1 Å². The minimum atomic E-state index is -0.169. The summed E-state index contributed by atoms with van der Waals surface area (Å²) in [6.07, 6.45) is 0. The molecule has 0 aliphatic carbocycles. The van der Waals surface area contributed by atoms with Crippen LogP contribution in [0.3, 0.4) is 0 Å². The van der Waals surface area contributed by atoms with Gasteiger partial charge in [0.15, 0.2) is 15.3 Å². The molecule has 0 bridgehead atoms. The molecule has 0 aliphatic heterocycles. The molecule has 2 heterocycles. The highest BCUT2D eigenvalue weighted by atomic mass is 32.2. The van der Waals surface area contributed by atoms with E-state index in [0.29, 0.717) is 16.7 Å². The van der Waals surface area contributed by atoms with Gasteiger partial charge in [0, 0.05) is 17.1 Å². The van der Waals surface area contributed by atoms with Gasteiger partial charge in [0.05, 0.1) is 21.7 Å². The van der Waals surface area contributed by atoms with Crippen molar-refractivity contribution in [3.8, 4) is 11.4 Å². The molecule has 2 N–H and O–H groups in total. The van der Waals surface area contributed by atoms with Crippen molar-refractivity contribution >= 4 is 68.3 Å². The molecular formula is C36H34N6O3S3. The van der Waals surface area contributed by atoms with E-state index in [9.17, 15) is 9.59 Å². The normalized spacial score (nSPS) is 11.1. The molecule has 0 saturated heterocycles. The van der Waals surface area contributed by atoms with Gasteiger partial charge in [-0.3, -0.25) is 14.2 Å². The van der Waals surface area contributed by atoms with Crippen molar-refractivity contribution in [2.45, 2.75) is 43.8 Å². The number of ether oxygens (including phenoxy) is 1. The first kappa shape index (κ1) is 33.3. The van der Waals surface area contributed by atoms with E-state index in [-0.39, 0.29) is 29.9 Å². The van der Waals surface area contributed by atoms with Gasteiger partial charge < -0.3 is 15.4 Å². The van der Waals surface area contributed by atoms with Gasteiger partial charge in [0.1, 0.15) is 12.4 Å². The van der Waals surface area contributed by atoms with Crippen LogP contribution < -0.4 is 15.4 Å². The maximum atomic E-state index is 13.1. The Kier molecular flexibility index (Phi) is 10.4. The van der Waals surface area contributed by atoms with Crippen LogP contribution in [0.4, 0.5) is 11.4 Å². The molecule has 0 radical (unpaired) electrons. The van der Waals surface area contributed by atoms with E-state index in [1.807, 2.05) is 103 Å². The number of carbonyl (C=O) groups excluding carboxylic acids is 2. The fourth-order valence-electron chi connectivity index (χ4n) is 4.96. The molecule has 0 saturated carbocycles. The fourth-order valence-corrected chi connectivity index (χ4v) is 7.64. The quantitative estimate of drug-likeness (QED) is 0.124. The average Bonchev–Trinajstić information content (AvgIpc) is 3.69. The smallest absolute Gasteiger partial charge is 0.234 e. The summed E-state index contributed by atoms with van der Waals surface area (Å²) in [7, 11) is 0. The van der Waals surface area contributed by atoms with Gasteiger partial charge in [0.25, 0.3) is 0 Å². The summed E-state index contributed by atoms with van der Waals surface area (Å²) >= 11 is 4.19. The number of thiazole rings is 1. The van der Waals surface area contributed by atoms with Crippen LogP contribution in [0.2, 0.25) is 0 Å². The maximum Gasteiger partial charge on any atom is 0.234 e. The summed E-state index contributed by atoms with van der Waals surface area (Å²) in [5.74, 6) is 1.54. The molecule has 48 heavy (non-hydrogen) atoms. The van der Waals surface area contributed by atoms with E-state index < -0.39 is 0 Å². The van der Waals surface area contributed by atoms with Crippen LogP contribution >= 0.6 is 34.9 Å². The van der Waals surface area contributed by atoms with Crippen LogP contribution in [-0.2, 0) is 16.2 Å². The van der Waals surface area contributed by atoms with Gasteiger partial charge in [-0.2, -0.15) is 0 Å². The largest absolute Gasteiger partial charge is 0.486 e. The van der Waals surface area contributed by atoms with Crippen LogP contribution in [0, 0.1) is 27.7 Å². The second-order valence-electron chi connectivity index (χ2n) is 11.2. The number of hydrogen-bond donors (Lipinski definition) is 2. The van der Waals surface area contributed by atoms with Gasteiger partial charge >= 0.3 is 0 Å². The first-order valence-electron chi connectivity index (χ1n) is 15.3. The third kappa shape index (κ3) is 8.07. The minimum absolute atomic E-state index is 0.0776. The zero-order valence-corrected chi connectivity index (χ0v) is 29.4. The van der Waals surface area contributed by atoms with Crippen LogP contribution in [0.15, 0.2) is 94.4 Å². The Morgan fingerprint density at radius 3 is 2.29 bits per heavy atom. The van der Waals surface area contributed by atoms with E-state index in [4.69, 9.17) is 4.74 Å². The Balaban J connectivity index is 1.07. The average molecular weight is 695 g/mol. The number of benzene rings is 4. The van der Waals surface area contributed by atoms with Crippen LogP contribution in [0.5, 0.6) is 5.75 Å². The van der Waals surface area contributed by atoms with Crippen molar-refractivity contribution in [2.75, 3.05) is 22.1 Å². The molecule has 6 aromatic rings. The van der Waals surface area contributed by atoms with Crippen molar-refractivity contribution in [3.05, 3.63) is 113 Å². The Morgan fingerprint density at radius 1 is 0.771 bits per heavy atom. The van der Waals surface area contributed by atoms with Crippen molar-refractivity contribution in [2.24, 2.45) is 0 Å². The predicted octanol–water partition coefficient (Wildman–Crippen LogP) is 8.15. The molecule has 6 rings (SSSR count). The summed E-state index contributed by atoms with van der Waals surface area (Å²) in [4.78, 5) is 30.4. The lowest BCUT2D eigenvalue weighted by Gasteiger charge is -2.12. The Morgan fingerprint density at radius 2 is 1.52 bits per heavy atom. The molecule has 2 aromatic heterocycles. The Hall–Kier alpha value is -4.65. The van der Waals surface area contributed by atoms with E-state index in [0.717, 1.165) is 48.4 Å². The van der Waals surface area contributed by atoms with Crippen LogP contribution in [0.25, 0.3) is 15.9 Å². The lowest BCUT2D eigenvalue weighted by Crippen LogP contribution is -2.15. The maximum absolute atomic E-state index is 13.1. The fraction of sp³-hybridized carbons (Fsp3) is 0.194. The highest BCUT2D eigenvalue weighted by Gasteiger charge is 2.17. The number of nitrogens with one attached hydrogen (secondary N) is 2. The zero-order valence-electron chi connectivity index (χ0n) is 26.9. The number of nitrogens with zero attached hydrogens (tertiary/aromatic N) is 4. The third-order valence-electron chi connectivity index (χ3n) is 7.62. The van der Waals surface area contributed by atoms with Crippen molar-refractivity contribution < 1.29 is 14.3 Å². The van der Waals surface area contributed by atoms with Gasteiger partial charge in [-0.25, -0.2) is 4.98 Å². The van der Waals surface area contributed by atoms with Crippen molar-refractivity contribution in [3.63, 3.8) is 0 Å². The molecule has 0 atom stereocenters. The summed E-state index contributed by atoms with van der Waals surface area (Å²) in [6.45, 7) is 8.31. The number of carbonyl (C=O) groups is 2. The molecule has 0 aliphatic rings. The third-order valence-corrected chi connectivity index (χ3v) is 10.7. The highest BCUT2D eigenvalue weighted by Crippen LogP contribution is 2.32. The van der Waals surface area contributed by atoms with Gasteiger partial charge in [0.2, 0.25) is 11.8 Å². The molecule has 0 unspecified atom stereocenters. The number of anilines is 2. The molecule has 2 amide bonds. The number of para-hydroxylation sites is 2. The number of fused-ring (bicyclic) bond motifs is 1. The van der Waals surface area contributed by atoms with Crippen molar-refractivity contribution in [1.29, 1.82) is 0 Å². The summed E-state index contributed by atoms with van der Waals surface area (Å²) in [5, 5.41) is 15.4. The minimum Gasteiger partial charge on any atom is -0.486 e. The predicted molar refractivity (Wildman–Crippen MR) is 196 cm³/mol. The highest BCUT2D eigenvalue weighted by molar-refractivity contribution is 8.01. The lowest BCUT2D eigenvalue weighted by atomic mass is 10.1. The summed E-state index contributed by atoms with van der Waals surface area (Å²) in [5.41, 5.74) is 7.65. The first-order chi connectivity index (χ1) is 23.2. The number of aryl methyl sites for hydroxylation is 4. The summed E-state index contributed by atoms with van der Waals surface area (Å²) in [6, 6.07) is 27.3. The topological polar surface area (TPSA) is 111 Å². The number of rotatable bonds is 12. The SMILES string of the molecule is Cc1ccc(OCc2nnc(SCC(=O)Nc3ccc4nc(SCC(=O)Nc5c(C)cccc5C)sc4c3)n2-c2ccccc2)cc1C. The molecule has 244 valence electrons. The zero-order chi connectivity index (χ0) is 33.6. The van der Waals surface area contributed by atoms with E-state index in [2.05, 4.69) is 39.7 Å². The number of thioether (sulfide) groups is 2. The van der Waals surface area contributed by atoms with Gasteiger partial charge in [-0.1, -0.05) is 66.0 Å². The Bertz CT molecular complexity index is 2070. The molecule has 9 nitrogen and oxygen atoms in total. The molecule has 12 heteroatoms. The van der Waals surface area contributed by atoms with Crippen molar-refractivity contribution in [1.82, 2.24) is 19.7 Å². The monoisotopic (exact) mass is 694 g/mol. The standard InChI is InChI=1S/C36H34N6O3S3/c1-22-13-15-28(17-25(22)4)45-19-31-40-41-35(42(31)27-11-6-5-7-12-27)46-20-32(43)37-26-14-16-29-30(18-26)48-36(38-29)47-21-33(44)39-34-23(2)9-8-10-24(34)3/h5-18H,19-21H2,1-4H3,(H,37,43)(H,39,44). The Labute approximate surface area is 291 Å². The second-order valence-corrected chi connectivity index (χ2v) is 14.4. The van der Waals surface area contributed by atoms with Gasteiger partial charge in [-0.05, 0) is 92.4 Å². The number of amides is 2. The van der Waals surface area contributed by atoms with Gasteiger partial charge in [-0.15, -0.1) is 21.5 Å². The van der Waals surface area contributed by atoms with E-state index in [1.165, 1.54) is 40.4 Å². The lowest BCUT2D eigenvalue weighted by molar-refractivity contribution is -0.114. The van der Waals surface area contributed by atoms with E-state index in [1.54, 1.807) is 0 Å². The number of hydrogen-bond acceptors (Lipinski definition) is 9. The number of aromatic nitrogens is 4. The van der Waals surface area contributed by atoms with E-state index >= 15 is 0 Å². The molecule has 0 fully saturated rings. The first-order valence-corrected chi connectivity index (χ1v) is 18.0.